The van der Waals surface area contributed by atoms with Crippen molar-refractivity contribution in [1.29, 1.82) is 0 Å². The van der Waals surface area contributed by atoms with Gasteiger partial charge in [-0.15, -0.1) is 0 Å². The number of halogens is 3. The van der Waals surface area contributed by atoms with Crippen LogP contribution in [-0.2, 0) is 10.9 Å². The number of hydrogen-bond donors (Lipinski definition) is 0. The van der Waals surface area contributed by atoms with Crippen LogP contribution in [0.1, 0.15) is 49.7 Å². The number of hydrogen-bond acceptors (Lipinski definition) is 1. The van der Waals surface area contributed by atoms with E-state index in [2.05, 4.69) is 6.92 Å². The summed E-state index contributed by atoms with van der Waals surface area (Å²) in [5, 5.41) is 0. The van der Waals surface area contributed by atoms with Crippen molar-refractivity contribution in [3.8, 4) is 11.1 Å². The minimum absolute atomic E-state index is 0.240. The summed E-state index contributed by atoms with van der Waals surface area (Å²) in [5.41, 5.74) is 1.50. The molecule has 2 aromatic carbocycles. The van der Waals surface area contributed by atoms with Crippen molar-refractivity contribution in [2.45, 2.75) is 50.8 Å². The molecule has 1 aliphatic carbocycles. The van der Waals surface area contributed by atoms with Crippen molar-refractivity contribution in [2.24, 2.45) is 5.92 Å². The Bertz CT molecular complexity index is 713. The quantitative estimate of drug-likeness (QED) is 0.589. The van der Waals surface area contributed by atoms with E-state index >= 15 is 0 Å². The fourth-order valence-electron chi connectivity index (χ4n) is 4.03. The number of ether oxygens (including phenoxy) is 1. The van der Waals surface area contributed by atoms with Crippen molar-refractivity contribution in [2.75, 3.05) is 7.11 Å². The van der Waals surface area contributed by atoms with Crippen LogP contribution in [0.25, 0.3) is 11.1 Å². The Balaban J connectivity index is 1.75. The first-order valence-corrected chi connectivity index (χ1v) is 9.19. The van der Waals surface area contributed by atoms with Gasteiger partial charge in [-0.3, -0.25) is 0 Å². The maximum Gasteiger partial charge on any atom is 0.417 e. The number of benzene rings is 2. The Kier molecular flexibility index (Phi) is 5.71. The Hall–Kier alpha value is -1.81. The average Bonchev–Trinajstić information content (AvgIpc) is 2.67. The van der Waals surface area contributed by atoms with Gasteiger partial charge in [0.25, 0.3) is 0 Å². The highest BCUT2D eigenvalue weighted by atomic mass is 19.4. The number of rotatable bonds is 4. The molecule has 1 atom stereocenters. The molecule has 3 rings (SSSR count). The van der Waals surface area contributed by atoms with E-state index in [1.807, 2.05) is 24.3 Å². The molecule has 1 nitrogen and oxygen atoms in total. The summed E-state index contributed by atoms with van der Waals surface area (Å²) in [5.74, 6) is 1.09. The predicted molar refractivity (Wildman–Crippen MR) is 98.1 cm³/mol. The van der Waals surface area contributed by atoms with Gasteiger partial charge < -0.3 is 4.74 Å². The summed E-state index contributed by atoms with van der Waals surface area (Å²) >= 11 is 0. The molecular weight excluding hydrogens is 337 g/mol. The summed E-state index contributed by atoms with van der Waals surface area (Å²) < 4.78 is 45.1. The summed E-state index contributed by atoms with van der Waals surface area (Å²) in [7, 11) is 1.76. The Morgan fingerprint density at radius 2 is 1.54 bits per heavy atom. The molecule has 0 saturated heterocycles. The number of alkyl halides is 3. The van der Waals surface area contributed by atoms with E-state index in [0.717, 1.165) is 31.7 Å². The molecule has 0 heterocycles. The van der Waals surface area contributed by atoms with Crippen LogP contribution in [0, 0.1) is 5.92 Å². The van der Waals surface area contributed by atoms with Crippen molar-refractivity contribution < 1.29 is 17.9 Å². The van der Waals surface area contributed by atoms with E-state index in [9.17, 15) is 13.2 Å². The monoisotopic (exact) mass is 362 g/mol. The first-order chi connectivity index (χ1) is 12.4. The van der Waals surface area contributed by atoms with Crippen LogP contribution in [0.15, 0.2) is 48.5 Å². The molecule has 0 amide bonds. The van der Waals surface area contributed by atoms with Gasteiger partial charge in [-0.05, 0) is 67.2 Å². The van der Waals surface area contributed by atoms with Crippen molar-refractivity contribution >= 4 is 0 Å². The van der Waals surface area contributed by atoms with Gasteiger partial charge in [0.15, 0.2) is 0 Å². The van der Waals surface area contributed by atoms with E-state index in [1.54, 1.807) is 13.2 Å². The number of methoxy groups -OCH3 is 1. The van der Waals surface area contributed by atoms with E-state index < -0.39 is 11.7 Å². The highest BCUT2D eigenvalue weighted by Crippen LogP contribution is 2.40. The summed E-state index contributed by atoms with van der Waals surface area (Å²) in [4.78, 5) is 0. The molecule has 1 saturated carbocycles. The Labute approximate surface area is 153 Å². The second-order valence-corrected chi connectivity index (χ2v) is 7.22. The third kappa shape index (κ3) is 4.12. The molecule has 1 aliphatic rings. The summed E-state index contributed by atoms with van der Waals surface area (Å²) in [6.07, 6.45) is 0.438. The highest BCUT2D eigenvalue weighted by molar-refractivity contribution is 5.68. The molecule has 26 heavy (non-hydrogen) atoms. The predicted octanol–water partition coefficient (Wildman–Crippen LogP) is 6.68. The topological polar surface area (TPSA) is 9.23 Å². The van der Waals surface area contributed by atoms with Gasteiger partial charge in [0.1, 0.15) is 0 Å². The van der Waals surface area contributed by atoms with Crippen LogP contribution in [0.4, 0.5) is 13.2 Å². The van der Waals surface area contributed by atoms with Crippen molar-refractivity contribution in [3.63, 3.8) is 0 Å². The molecule has 0 radical (unpaired) electrons. The zero-order valence-electron chi connectivity index (χ0n) is 15.2. The fourth-order valence-corrected chi connectivity index (χ4v) is 4.03. The molecule has 0 aliphatic heterocycles. The van der Waals surface area contributed by atoms with Crippen LogP contribution in [0.3, 0.4) is 0 Å². The molecule has 1 unspecified atom stereocenters. The lowest BCUT2D eigenvalue weighted by atomic mass is 9.77. The molecule has 0 spiro atoms. The Morgan fingerprint density at radius 3 is 2.12 bits per heavy atom. The fraction of sp³-hybridized carbons (Fsp3) is 0.455. The van der Waals surface area contributed by atoms with Gasteiger partial charge in [0.05, 0.1) is 11.7 Å². The third-order valence-electron chi connectivity index (χ3n) is 5.73. The van der Waals surface area contributed by atoms with Crippen molar-refractivity contribution in [3.05, 3.63) is 59.7 Å². The lowest BCUT2D eigenvalue weighted by molar-refractivity contribution is -0.137. The second kappa shape index (κ2) is 7.83. The summed E-state index contributed by atoms with van der Waals surface area (Å²) in [6, 6.07) is 13.4. The lowest BCUT2D eigenvalue weighted by Crippen LogP contribution is -2.24. The molecule has 2 aromatic rings. The normalized spacial score (nSPS) is 22.2. The van der Waals surface area contributed by atoms with E-state index in [1.165, 1.54) is 17.7 Å². The lowest BCUT2D eigenvalue weighted by Gasteiger charge is -2.31. The smallest absolute Gasteiger partial charge is 0.381 e. The molecular formula is C22H25F3O. The van der Waals surface area contributed by atoms with Gasteiger partial charge in [-0.2, -0.15) is 13.2 Å². The van der Waals surface area contributed by atoms with Crippen LogP contribution >= 0.6 is 0 Å². The van der Waals surface area contributed by atoms with Crippen molar-refractivity contribution in [1.82, 2.24) is 0 Å². The maximum atomic E-state index is 13.2. The first-order valence-electron chi connectivity index (χ1n) is 9.19. The van der Waals surface area contributed by atoms with Gasteiger partial charge in [-0.1, -0.05) is 42.5 Å². The van der Waals surface area contributed by atoms with Gasteiger partial charge in [-0.25, -0.2) is 0 Å². The van der Waals surface area contributed by atoms with Crippen LogP contribution in [0.5, 0.6) is 0 Å². The summed E-state index contributed by atoms with van der Waals surface area (Å²) in [6.45, 7) is 2.12. The standard InChI is InChI=1S/C22H25F3O/c1-15(26-2)16-7-9-17(10-8-16)18-11-13-19(14-12-18)20-5-3-4-6-21(20)22(23,24)25/h3-6,11-17H,7-10H2,1-2H3. The minimum Gasteiger partial charge on any atom is -0.381 e. The van der Waals surface area contributed by atoms with Gasteiger partial charge >= 0.3 is 6.18 Å². The largest absolute Gasteiger partial charge is 0.417 e. The SMILES string of the molecule is COC(C)C1CCC(c2ccc(-c3ccccc3C(F)(F)F)cc2)CC1. The molecule has 4 heteroatoms. The van der Waals surface area contributed by atoms with E-state index in [4.69, 9.17) is 4.74 Å². The minimum atomic E-state index is -4.34. The molecule has 1 fully saturated rings. The van der Waals surface area contributed by atoms with Crippen LogP contribution in [-0.4, -0.2) is 13.2 Å². The molecule has 0 bridgehead atoms. The van der Waals surface area contributed by atoms with Gasteiger partial charge in [0, 0.05) is 7.11 Å². The zero-order chi connectivity index (χ0) is 18.7. The second-order valence-electron chi connectivity index (χ2n) is 7.22. The maximum absolute atomic E-state index is 13.2. The molecule has 140 valence electrons. The van der Waals surface area contributed by atoms with E-state index in [-0.39, 0.29) is 11.7 Å². The molecule has 0 N–H and O–H groups in total. The Morgan fingerprint density at radius 1 is 0.923 bits per heavy atom. The molecule has 0 aromatic heterocycles. The van der Waals surface area contributed by atoms with Crippen LogP contribution < -0.4 is 0 Å². The van der Waals surface area contributed by atoms with E-state index in [0.29, 0.717) is 17.4 Å². The van der Waals surface area contributed by atoms with Gasteiger partial charge in [0.2, 0.25) is 0 Å². The van der Waals surface area contributed by atoms with Crippen LogP contribution in [0.2, 0.25) is 0 Å². The highest BCUT2D eigenvalue weighted by Gasteiger charge is 2.33. The zero-order valence-corrected chi connectivity index (χ0v) is 15.2. The average molecular weight is 362 g/mol. The third-order valence-corrected chi connectivity index (χ3v) is 5.73. The first kappa shape index (κ1) is 19.0.